The number of ether oxygens (including phenoxy) is 2. The summed E-state index contributed by atoms with van der Waals surface area (Å²) < 4.78 is 25.6. The van der Waals surface area contributed by atoms with Crippen LogP contribution in [0.3, 0.4) is 0 Å². The summed E-state index contributed by atoms with van der Waals surface area (Å²) in [6.45, 7) is 5.56. The molecule has 3 aliphatic heterocycles. The highest BCUT2D eigenvalue weighted by atomic mass is 19.1. The monoisotopic (exact) mass is 594 g/mol. The van der Waals surface area contributed by atoms with E-state index in [1.54, 1.807) is 12.1 Å². The standard InChI is InChI=1S/C34H47FN4O4/c1-38-22-24-43-34(26-38,25-27-10-12-29(35)13-11-27)32(41)36-17-21-39-19-15-33(16-20-39)14-6-2-3-7-28-8-4-5-9-30(28)42-23-18-37-31(33)40/h4-5,8-13H,2-3,6-7,14-26H2,1H3,(H,36,41)(H,37,40). The van der Waals surface area contributed by atoms with Gasteiger partial charge in [-0.25, -0.2) is 4.39 Å². The highest BCUT2D eigenvalue weighted by Gasteiger charge is 2.43. The minimum Gasteiger partial charge on any atom is -0.491 e. The number of benzene rings is 2. The zero-order valence-electron chi connectivity index (χ0n) is 25.5. The first-order chi connectivity index (χ1) is 20.9. The molecule has 2 saturated heterocycles. The molecule has 3 heterocycles. The second kappa shape index (κ2) is 14.6. The topological polar surface area (TPSA) is 83.1 Å². The van der Waals surface area contributed by atoms with E-state index in [0.29, 0.717) is 39.3 Å². The van der Waals surface area contributed by atoms with E-state index in [-0.39, 0.29) is 23.0 Å². The Labute approximate surface area is 255 Å². The lowest BCUT2D eigenvalue weighted by Gasteiger charge is -2.42. The third kappa shape index (κ3) is 8.13. The first kappa shape index (κ1) is 31.4. The van der Waals surface area contributed by atoms with Crippen LogP contribution in [-0.4, -0.2) is 93.3 Å². The van der Waals surface area contributed by atoms with Crippen LogP contribution < -0.4 is 15.4 Å². The largest absolute Gasteiger partial charge is 0.491 e. The van der Waals surface area contributed by atoms with Gasteiger partial charge in [-0.05, 0) is 81.6 Å². The van der Waals surface area contributed by atoms with Crippen molar-refractivity contribution in [2.75, 3.05) is 66.1 Å². The number of rotatable bonds is 6. The Balaban J connectivity index is 1.12. The number of likely N-dealkylation sites (N-methyl/N-ethyl adjacent to an activating group) is 1. The summed E-state index contributed by atoms with van der Waals surface area (Å²) in [6, 6.07) is 14.5. The maximum Gasteiger partial charge on any atom is 0.253 e. The maximum atomic E-state index is 13.5. The van der Waals surface area contributed by atoms with Crippen molar-refractivity contribution >= 4 is 11.8 Å². The Bertz CT molecular complexity index is 1220. The number of morpholine rings is 1. The molecular weight excluding hydrogens is 547 g/mol. The molecule has 0 radical (unpaired) electrons. The van der Waals surface area contributed by atoms with Gasteiger partial charge in [0.15, 0.2) is 5.60 Å². The molecule has 0 aromatic heterocycles. The number of piperidine rings is 1. The molecule has 2 N–H and O–H groups in total. The molecule has 9 heteroatoms. The average molecular weight is 595 g/mol. The molecule has 234 valence electrons. The summed E-state index contributed by atoms with van der Waals surface area (Å²) in [6.07, 6.45) is 7.15. The molecular formula is C34H47FN4O4. The molecule has 2 aromatic carbocycles. The fourth-order valence-electron chi connectivity index (χ4n) is 6.82. The minimum atomic E-state index is -1.01. The van der Waals surface area contributed by atoms with E-state index in [0.717, 1.165) is 82.4 Å². The van der Waals surface area contributed by atoms with Crippen LogP contribution in [0.5, 0.6) is 5.75 Å². The number of aryl methyl sites for hydroxylation is 1. The number of hydrogen-bond donors (Lipinski definition) is 2. The van der Waals surface area contributed by atoms with Gasteiger partial charge in [-0.15, -0.1) is 0 Å². The van der Waals surface area contributed by atoms with Crippen LogP contribution in [0, 0.1) is 11.2 Å². The van der Waals surface area contributed by atoms with Gasteiger partial charge in [-0.2, -0.15) is 0 Å². The Kier molecular flexibility index (Phi) is 10.7. The van der Waals surface area contributed by atoms with Gasteiger partial charge in [0.2, 0.25) is 5.91 Å². The molecule has 3 aliphatic rings. The van der Waals surface area contributed by atoms with Gasteiger partial charge in [0, 0.05) is 32.6 Å². The number of para-hydroxylation sites is 1. The summed E-state index contributed by atoms with van der Waals surface area (Å²) in [5.74, 6) is 0.653. The second-order valence-corrected chi connectivity index (χ2v) is 12.5. The lowest BCUT2D eigenvalue weighted by atomic mass is 9.73. The van der Waals surface area contributed by atoms with Crippen LogP contribution in [0.2, 0.25) is 0 Å². The maximum absolute atomic E-state index is 13.5. The van der Waals surface area contributed by atoms with E-state index in [4.69, 9.17) is 9.47 Å². The third-order valence-corrected chi connectivity index (χ3v) is 9.42. The van der Waals surface area contributed by atoms with Crippen LogP contribution in [0.4, 0.5) is 4.39 Å². The van der Waals surface area contributed by atoms with Gasteiger partial charge in [-0.1, -0.05) is 43.2 Å². The van der Waals surface area contributed by atoms with E-state index in [2.05, 4.69) is 32.6 Å². The van der Waals surface area contributed by atoms with E-state index in [9.17, 15) is 14.0 Å². The SMILES string of the molecule is CN1CCOC(Cc2ccc(F)cc2)(C(=O)NCCN2CCC3(CCCCCc4ccccc4OCCNC3=O)CC2)C1. The molecule has 8 nitrogen and oxygen atoms in total. The van der Waals surface area contributed by atoms with Gasteiger partial charge in [0.05, 0.1) is 18.6 Å². The second-order valence-electron chi connectivity index (χ2n) is 12.5. The van der Waals surface area contributed by atoms with Gasteiger partial charge in [-0.3, -0.25) is 9.59 Å². The Morgan fingerprint density at radius 2 is 1.79 bits per heavy atom. The molecule has 1 atom stereocenters. The molecule has 2 amide bonds. The Morgan fingerprint density at radius 1 is 1.00 bits per heavy atom. The van der Waals surface area contributed by atoms with Crippen molar-refractivity contribution in [3.8, 4) is 5.75 Å². The number of carbonyl (C=O) groups is 2. The number of halogens is 1. The number of fused-ring (bicyclic) bond motifs is 1. The molecule has 0 aliphatic carbocycles. The van der Waals surface area contributed by atoms with Gasteiger partial charge in [0.25, 0.3) is 5.91 Å². The molecule has 43 heavy (non-hydrogen) atoms. The Morgan fingerprint density at radius 3 is 2.58 bits per heavy atom. The van der Waals surface area contributed by atoms with Crippen LogP contribution in [0.15, 0.2) is 48.5 Å². The number of hydrogen-bond acceptors (Lipinski definition) is 6. The van der Waals surface area contributed by atoms with Gasteiger partial charge >= 0.3 is 0 Å². The summed E-state index contributed by atoms with van der Waals surface area (Å²) >= 11 is 0. The summed E-state index contributed by atoms with van der Waals surface area (Å²) in [5.41, 5.74) is 0.759. The number of likely N-dealkylation sites (tertiary alicyclic amines) is 1. The number of amides is 2. The van der Waals surface area contributed by atoms with Crippen molar-refractivity contribution in [2.45, 2.75) is 57.0 Å². The molecule has 0 bridgehead atoms. The van der Waals surface area contributed by atoms with Crippen molar-refractivity contribution in [2.24, 2.45) is 5.41 Å². The van der Waals surface area contributed by atoms with Crippen molar-refractivity contribution in [3.05, 3.63) is 65.5 Å². The first-order valence-corrected chi connectivity index (χ1v) is 15.9. The lowest BCUT2D eigenvalue weighted by molar-refractivity contribution is -0.158. The van der Waals surface area contributed by atoms with Crippen LogP contribution >= 0.6 is 0 Å². The van der Waals surface area contributed by atoms with Crippen molar-refractivity contribution in [1.82, 2.24) is 20.4 Å². The van der Waals surface area contributed by atoms with E-state index >= 15 is 0 Å². The van der Waals surface area contributed by atoms with Crippen LogP contribution in [0.1, 0.15) is 49.7 Å². The Hall–Kier alpha value is -3.01. The average Bonchev–Trinajstić information content (AvgIpc) is 3.02. The predicted molar refractivity (Wildman–Crippen MR) is 165 cm³/mol. The predicted octanol–water partition coefficient (Wildman–Crippen LogP) is 3.58. The molecule has 1 unspecified atom stereocenters. The molecule has 1 spiro atoms. The lowest BCUT2D eigenvalue weighted by Crippen LogP contribution is -2.61. The van der Waals surface area contributed by atoms with E-state index in [1.807, 2.05) is 19.2 Å². The molecule has 5 rings (SSSR count). The minimum absolute atomic E-state index is 0.129. The van der Waals surface area contributed by atoms with Crippen molar-refractivity contribution in [3.63, 3.8) is 0 Å². The van der Waals surface area contributed by atoms with Crippen molar-refractivity contribution < 1.29 is 23.5 Å². The number of carbonyl (C=O) groups excluding carboxylic acids is 2. The summed E-state index contributed by atoms with van der Waals surface area (Å²) in [4.78, 5) is 31.5. The van der Waals surface area contributed by atoms with Gasteiger partial charge in [0.1, 0.15) is 18.2 Å². The summed E-state index contributed by atoms with van der Waals surface area (Å²) in [5, 5.41) is 6.31. The number of nitrogens with one attached hydrogen (secondary N) is 2. The zero-order chi connectivity index (χ0) is 30.1. The van der Waals surface area contributed by atoms with Crippen molar-refractivity contribution in [1.29, 1.82) is 0 Å². The third-order valence-electron chi connectivity index (χ3n) is 9.42. The van der Waals surface area contributed by atoms with Gasteiger partial charge < -0.3 is 29.9 Å². The summed E-state index contributed by atoms with van der Waals surface area (Å²) in [7, 11) is 1.99. The van der Waals surface area contributed by atoms with Crippen LogP contribution in [0.25, 0.3) is 0 Å². The first-order valence-electron chi connectivity index (χ1n) is 15.9. The van der Waals surface area contributed by atoms with E-state index in [1.165, 1.54) is 17.7 Å². The van der Waals surface area contributed by atoms with Crippen LogP contribution in [-0.2, 0) is 27.2 Å². The quantitative estimate of drug-likeness (QED) is 0.532. The highest BCUT2D eigenvalue weighted by Crippen LogP contribution is 2.37. The molecule has 2 aromatic rings. The van der Waals surface area contributed by atoms with E-state index < -0.39 is 5.60 Å². The zero-order valence-corrected chi connectivity index (χ0v) is 25.5. The molecule has 0 saturated carbocycles. The normalized spacial score (nSPS) is 24.0. The smallest absolute Gasteiger partial charge is 0.253 e. The number of nitrogens with zero attached hydrogens (tertiary/aromatic N) is 2. The highest BCUT2D eigenvalue weighted by molar-refractivity contribution is 5.86. The fourth-order valence-corrected chi connectivity index (χ4v) is 6.82. The fraction of sp³-hybridized carbons (Fsp3) is 0.588. The molecule has 2 fully saturated rings.